The molecule has 0 aromatic heterocycles. The summed E-state index contributed by atoms with van der Waals surface area (Å²) in [4.78, 5) is 23.6. The van der Waals surface area contributed by atoms with Crippen molar-refractivity contribution in [1.29, 1.82) is 0 Å². The molecular formula is C12H15F2N3O4. The number of rotatable bonds is 7. The Bertz CT molecular complexity index is 552. The Morgan fingerprint density at radius 3 is 2.43 bits per heavy atom. The second-order valence-electron chi connectivity index (χ2n) is 4.63. The summed E-state index contributed by atoms with van der Waals surface area (Å²) in [6.07, 6.45) is 0. The van der Waals surface area contributed by atoms with Gasteiger partial charge in [-0.15, -0.1) is 0 Å². The molecule has 1 N–H and O–H groups in total. The number of anilines is 1. The number of carbonyl (C=O) groups is 1. The van der Waals surface area contributed by atoms with Crippen LogP contribution in [0.25, 0.3) is 0 Å². The lowest BCUT2D eigenvalue weighted by Crippen LogP contribution is -2.36. The van der Waals surface area contributed by atoms with Crippen LogP contribution in [0.3, 0.4) is 0 Å². The normalized spacial score (nSPS) is 10.7. The van der Waals surface area contributed by atoms with E-state index in [9.17, 15) is 23.7 Å². The average Bonchev–Trinajstić information content (AvgIpc) is 2.32. The van der Waals surface area contributed by atoms with Crippen molar-refractivity contribution in [2.45, 2.75) is 0 Å². The van der Waals surface area contributed by atoms with Crippen LogP contribution in [-0.4, -0.2) is 54.6 Å². The molecule has 0 aliphatic carbocycles. The lowest BCUT2D eigenvalue weighted by Gasteiger charge is -2.24. The van der Waals surface area contributed by atoms with Crippen molar-refractivity contribution in [1.82, 2.24) is 4.90 Å². The predicted molar refractivity (Wildman–Crippen MR) is 71.4 cm³/mol. The molecule has 0 saturated carbocycles. The van der Waals surface area contributed by atoms with E-state index in [-0.39, 0.29) is 12.2 Å². The Hall–Kier alpha value is -2.29. The molecule has 0 heterocycles. The average molecular weight is 303 g/mol. The Morgan fingerprint density at radius 1 is 1.33 bits per heavy atom. The number of aliphatic carboxylic acids is 1. The van der Waals surface area contributed by atoms with E-state index in [1.54, 1.807) is 19.0 Å². The summed E-state index contributed by atoms with van der Waals surface area (Å²) in [5.74, 6) is -3.60. The van der Waals surface area contributed by atoms with Crippen LogP contribution in [-0.2, 0) is 4.79 Å². The molecule has 1 rings (SSSR count). The summed E-state index contributed by atoms with van der Waals surface area (Å²) in [7, 11) is 3.44. The van der Waals surface area contributed by atoms with E-state index in [4.69, 9.17) is 5.11 Å². The summed E-state index contributed by atoms with van der Waals surface area (Å²) in [5, 5.41) is 19.8. The number of carboxylic acids is 1. The molecule has 1 aromatic carbocycles. The highest BCUT2D eigenvalue weighted by molar-refractivity contribution is 5.76. The molecule has 0 radical (unpaired) electrons. The first kappa shape index (κ1) is 16.8. The molecular weight excluding hydrogens is 288 g/mol. The lowest BCUT2D eigenvalue weighted by atomic mass is 10.2. The number of hydrogen-bond donors (Lipinski definition) is 1. The molecule has 0 bridgehead atoms. The number of benzene rings is 1. The van der Waals surface area contributed by atoms with Gasteiger partial charge in [-0.05, 0) is 14.1 Å². The number of carboxylic acid groups (broad SMARTS) is 1. The second kappa shape index (κ2) is 6.93. The molecule has 0 aliphatic rings. The monoisotopic (exact) mass is 303 g/mol. The number of hydrogen-bond acceptors (Lipinski definition) is 5. The molecule has 0 amide bonds. The number of likely N-dealkylation sites (N-methyl/N-ethyl adjacent to an activating group) is 1. The summed E-state index contributed by atoms with van der Waals surface area (Å²) in [6.45, 7) is -0.164. The van der Waals surface area contributed by atoms with Gasteiger partial charge in [0, 0.05) is 25.2 Å². The molecule has 0 aliphatic heterocycles. The van der Waals surface area contributed by atoms with Gasteiger partial charge in [0.2, 0.25) is 5.82 Å². The number of nitro groups is 1. The minimum atomic E-state index is -1.34. The molecule has 0 unspecified atom stereocenters. The van der Waals surface area contributed by atoms with Gasteiger partial charge in [0.1, 0.15) is 18.0 Å². The summed E-state index contributed by atoms with van der Waals surface area (Å²) >= 11 is 0. The van der Waals surface area contributed by atoms with Crippen molar-refractivity contribution in [3.63, 3.8) is 0 Å². The van der Waals surface area contributed by atoms with E-state index in [1.165, 1.54) is 0 Å². The van der Waals surface area contributed by atoms with Crippen LogP contribution in [0.1, 0.15) is 0 Å². The Balaban J connectivity index is 3.27. The standard InChI is InChI=1S/C12H15F2N3O4/c1-15(2)3-4-16(7-11(18)19)10-6-8(13)5-9(14)12(10)17(20)21/h5-6H,3-4,7H2,1-2H3,(H,18,19). The molecule has 0 saturated heterocycles. The SMILES string of the molecule is CN(C)CCN(CC(=O)O)c1cc(F)cc(F)c1[N+](=O)[O-]. The summed E-state index contributed by atoms with van der Waals surface area (Å²) in [6, 6.07) is 1.16. The maximum Gasteiger partial charge on any atom is 0.328 e. The van der Waals surface area contributed by atoms with Crippen LogP contribution in [0.15, 0.2) is 12.1 Å². The lowest BCUT2D eigenvalue weighted by molar-refractivity contribution is -0.386. The Morgan fingerprint density at radius 2 is 1.95 bits per heavy atom. The van der Waals surface area contributed by atoms with Crippen LogP contribution in [0.5, 0.6) is 0 Å². The summed E-state index contributed by atoms with van der Waals surface area (Å²) in [5.41, 5.74) is -1.32. The quantitative estimate of drug-likeness (QED) is 0.604. The van der Waals surface area contributed by atoms with E-state index in [0.717, 1.165) is 11.0 Å². The van der Waals surface area contributed by atoms with Gasteiger partial charge in [-0.2, -0.15) is 4.39 Å². The maximum absolute atomic E-state index is 13.6. The van der Waals surface area contributed by atoms with Crippen molar-refractivity contribution in [2.75, 3.05) is 38.6 Å². The van der Waals surface area contributed by atoms with Crippen LogP contribution in [0.2, 0.25) is 0 Å². The zero-order valence-electron chi connectivity index (χ0n) is 11.5. The molecule has 0 fully saturated rings. The fourth-order valence-electron chi connectivity index (χ4n) is 1.74. The fraction of sp³-hybridized carbons (Fsp3) is 0.417. The smallest absolute Gasteiger partial charge is 0.328 e. The molecule has 116 valence electrons. The van der Waals surface area contributed by atoms with Crippen molar-refractivity contribution >= 4 is 17.3 Å². The van der Waals surface area contributed by atoms with Crippen molar-refractivity contribution in [3.05, 3.63) is 33.9 Å². The number of nitro benzene ring substituents is 1. The molecule has 9 heteroatoms. The van der Waals surface area contributed by atoms with E-state index < -0.39 is 34.8 Å². The van der Waals surface area contributed by atoms with Crippen LogP contribution < -0.4 is 4.90 Å². The highest BCUT2D eigenvalue weighted by Crippen LogP contribution is 2.31. The maximum atomic E-state index is 13.6. The molecule has 21 heavy (non-hydrogen) atoms. The first-order chi connectivity index (χ1) is 9.72. The van der Waals surface area contributed by atoms with Crippen LogP contribution in [0, 0.1) is 21.7 Å². The van der Waals surface area contributed by atoms with Crippen LogP contribution in [0.4, 0.5) is 20.2 Å². The first-order valence-corrected chi connectivity index (χ1v) is 5.97. The van der Waals surface area contributed by atoms with Gasteiger partial charge in [-0.25, -0.2) is 4.39 Å². The van der Waals surface area contributed by atoms with Gasteiger partial charge < -0.3 is 14.9 Å². The molecule has 0 spiro atoms. The molecule has 0 atom stereocenters. The second-order valence-corrected chi connectivity index (χ2v) is 4.63. The van der Waals surface area contributed by atoms with Gasteiger partial charge in [-0.1, -0.05) is 0 Å². The van der Waals surface area contributed by atoms with E-state index in [2.05, 4.69) is 0 Å². The number of halogens is 2. The molecule has 7 nitrogen and oxygen atoms in total. The topological polar surface area (TPSA) is 86.9 Å². The highest BCUT2D eigenvalue weighted by Gasteiger charge is 2.27. The van der Waals surface area contributed by atoms with E-state index >= 15 is 0 Å². The van der Waals surface area contributed by atoms with Gasteiger partial charge in [-0.3, -0.25) is 14.9 Å². The van der Waals surface area contributed by atoms with Gasteiger partial charge in [0.25, 0.3) is 0 Å². The van der Waals surface area contributed by atoms with E-state index in [0.29, 0.717) is 12.6 Å². The van der Waals surface area contributed by atoms with Gasteiger partial charge in [0.15, 0.2) is 0 Å². The van der Waals surface area contributed by atoms with Crippen molar-refractivity contribution in [2.24, 2.45) is 0 Å². The van der Waals surface area contributed by atoms with Crippen molar-refractivity contribution in [3.8, 4) is 0 Å². The zero-order chi connectivity index (χ0) is 16.2. The van der Waals surface area contributed by atoms with Crippen LogP contribution >= 0.6 is 0 Å². The number of nitrogens with zero attached hydrogens (tertiary/aromatic N) is 3. The minimum Gasteiger partial charge on any atom is -0.480 e. The Kier molecular flexibility index (Phi) is 5.53. The Labute approximate surface area is 119 Å². The van der Waals surface area contributed by atoms with Gasteiger partial charge in [0.05, 0.1) is 4.92 Å². The predicted octanol–water partition coefficient (Wildman–Crippen LogP) is 1.33. The third kappa shape index (κ3) is 4.63. The largest absolute Gasteiger partial charge is 0.480 e. The van der Waals surface area contributed by atoms with Crippen molar-refractivity contribution < 1.29 is 23.6 Å². The third-order valence-electron chi connectivity index (χ3n) is 2.67. The highest BCUT2D eigenvalue weighted by atomic mass is 19.1. The zero-order valence-corrected chi connectivity index (χ0v) is 11.5. The molecule has 1 aromatic rings. The summed E-state index contributed by atoms with van der Waals surface area (Å²) < 4.78 is 26.9. The minimum absolute atomic E-state index is 0.0725. The van der Waals surface area contributed by atoms with E-state index in [1.807, 2.05) is 0 Å². The fourth-order valence-corrected chi connectivity index (χ4v) is 1.74. The van der Waals surface area contributed by atoms with Gasteiger partial charge >= 0.3 is 11.7 Å². The first-order valence-electron chi connectivity index (χ1n) is 5.97. The third-order valence-corrected chi connectivity index (χ3v) is 2.67.